The first-order chi connectivity index (χ1) is 12.4. The molecule has 26 heavy (non-hydrogen) atoms. The van der Waals surface area contributed by atoms with E-state index in [1.54, 1.807) is 0 Å². The Hall–Kier alpha value is -2.38. The van der Waals surface area contributed by atoms with E-state index in [9.17, 15) is 9.59 Å². The zero-order valence-corrected chi connectivity index (χ0v) is 15.6. The van der Waals surface area contributed by atoms with Crippen LogP contribution in [0.25, 0.3) is 0 Å². The highest BCUT2D eigenvalue weighted by Gasteiger charge is 2.34. The average Bonchev–Trinajstić information content (AvgIpc) is 3.33. The molecule has 0 aromatic heterocycles. The number of amides is 2. The molecule has 0 bridgehead atoms. The highest BCUT2D eigenvalue weighted by Crippen LogP contribution is 2.39. The SMILES string of the molecule is NC1CC1c1ccc(NC(=O)C(Cc2ccc(Br)cc2)NC(=O)O)cc1. The maximum absolute atomic E-state index is 12.5. The molecule has 1 saturated carbocycles. The Morgan fingerprint density at radius 3 is 2.31 bits per heavy atom. The minimum Gasteiger partial charge on any atom is -0.465 e. The largest absolute Gasteiger partial charge is 0.465 e. The van der Waals surface area contributed by atoms with Crippen LogP contribution in [0.2, 0.25) is 0 Å². The highest BCUT2D eigenvalue weighted by molar-refractivity contribution is 9.10. The molecule has 1 aliphatic rings. The number of anilines is 1. The van der Waals surface area contributed by atoms with E-state index in [0.29, 0.717) is 11.6 Å². The molecule has 3 rings (SSSR count). The number of benzene rings is 2. The molecule has 2 aromatic rings. The van der Waals surface area contributed by atoms with Crippen LogP contribution in [0.5, 0.6) is 0 Å². The van der Waals surface area contributed by atoms with Crippen LogP contribution in [0.1, 0.15) is 23.5 Å². The summed E-state index contributed by atoms with van der Waals surface area (Å²) in [4.78, 5) is 23.6. The first-order valence-electron chi connectivity index (χ1n) is 8.32. The standard InChI is InChI=1S/C19H20BrN3O3/c20-13-5-1-11(2-6-13)9-17(23-19(25)26)18(24)22-14-7-3-12(4-8-14)15-10-16(15)21/h1-8,15-17,23H,9-10,21H2,(H,22,24)(H,25,26). The number of carbonyl (C=O) groups is 2. The van der Waals surface area contributed by atoms with Crippen LogP contribution in [0, 0.1) is 0 Å². The number of rotatable bonds is 6. The summed E-state index contributed by atoms with van der Waals surface area (Å²) >= 11 is 3.35. The molecule has 1 fully saturated rings. The molecule has 6 nitrogen and oxygen atoms in total. The van der Waals surface area contributed by atoms with Crippen molar-refractivity contribution in [3.8, 4) is 0 Å². The number of carbonyl (C=O) groups excluding carboxylic acids is 1. The summed E-state index contributed by atoms with van der Waals surface area (Å²) in [5, 5.41) is 14.1. The number of carboxylic acid groups (broad SMARTS) is 1. The van der Waals surface area contributed by atoms with Crippen molar-refractivity contribution in [2.24, 2.45) is 5.73 Å². The van der Waals surface area contributed by atoms with Gasteiger partial charge >= 0.3 is 6.09 Å². The van der Waals surface area contributed by atoms with Gasteiger partial charge in [-0.3, -0.25) is 4.79 Å². The summed E-state index contributed by atoms with van der Waals surface area (Å²) in [7, 11) is 0. The molecule has 2 amide bonds. The van der Waals surface area contributed by atoms with Crippen LogP contribution in [0.4, 0.5) is 10.5 Å². The van der Waals surface area contributed by atoms with E-state index in [1.807, 2.05) is 48.5 Å². The van der Waals surface area contributed by atoms with E-state index in [-0.39, 0.29) is 12.5 Å². The lowest BCUT2D eigenvalue weighted by atomic mass is 10.1. The second-order valence-electron chi connectivity index (χ2n) is 6.45. The van der Waals surface area contributed by atoms with Crippen LogP contribution >= 0.6 is 15.9 Å². The predicted molar refractivity (Wildman–Crippen MR) is 103 cm³/mol. The third-order valence-electron chi connectivity index (χ3n) is 4.41. The lowest BCUT2D eigenvalue weighted by Crippen LogP contribution is -2.44. The van der Waals surface area contributed by atoms with Gasteiger partial charge in [0.2, 0.25) is 5.91 Å². The Kier molecular flexibility index (Phi) is 5.58. The first kappa shape index (κ1) is 18.4. The Bertz CT molecular complexity index is 793. The molecular formula is C19H20BrN3O3. The predicted octanol–water partition coefficient (Wildman–Crippen LogP) is 3.08. The van der Waals surface area contributed by atoms with Crippen LogP contribution in [-0.4, -0.2) is 29.2 Å². The maximum Gasteiger partial charge on any atom is 0.405 e. The van der Waals surface area contributed by atoms with Gasteiger partial charge in [-0.1, -0.05) is 40.2 Å². The molecule has 0 radical (unpaired) electrons. The zero-order valence-electron chi connectivity index (χ0n) is 14.0. The van der Waals surface area contributed by atoms with Crippen LogP contribution < -0.4 is 16.4 Å². The average molecular weight is 418 g/mol. The van der Waals surface area contributed by atoms with Crippen molar-refractivity contribution in [3.63, 3.8) is 0 Å². The molecule has 0 heterocycles. The molecule has 7 heteroatoms. The van der Waals surface area contributed by atoms with Gasteiger partial charge in [0.1, 0.15) is 6.04 Å². The summed E-state index contributed by atoms with van der Waals surface area (Å²) in [5.74, 6) is 0.00442. The number of halogens is 1. The monoisotopic (exact) mass is 417 g/mol. The second-order valence-corrected chi connectivity index (χ2v) is 7.37. The van der Waals surface area contributed by atoms with Crippen molar-refractivity contribution in [1.29, 1.82) is 0 Å². The summed E-state index contributed by atoms with van der Waals surface area (Å²) in [6.45, 7) is 0. The molecule has 5 N–H and O–H groups in total. The number of nitrogens with one attached hydrogen (secondary N) is 2. The van der Waals surface area contributed by atoms with E-state index < -0.39 is 18.0 Å². The third-order valence-corrected chi connectivity index (χ3v) is 4.94. The lowest BCUT2D eigenvalue weighted by molar-refractivity contribution is -0.118. The lowest BCUT2D eigenvalue weighted by Gasteiger charge is -2.17. The molecule has 1 aliphatic carbocycles. The van der Waals surface area contributed by atoms with E-state index in [4.69, 9.17) is 10.8 Å². The van der Waals surface area contributed by atoms with Gasteiger partial charge in [0.05, 0.1) is 0 Å². The minimum absolute atomic E-state index is 0.227. The van der Waals surface area contributed by atoms with Gasteiger partial charge in [-0.15, -0.1) is 0 Å². The Morgan fingerprint density at radius 2 is 1.77 bits per heavy atom. The van der Waals surface area contributed by atoms with Crippen LogP contribution in [0.3, 0.4) is 0 Å². The smallest absolute Gasteiger partial charge is 0.405 e. The normalized spacial score (nSPS) is 19.5. The van der Waals surface area contributed by atoms with Crippen molar-refractivity contribution < 1.29 is 14.7 Å². The van der Waals surface area contributed by atoms with Gasteiger partial charge in [0.25, 0.3) is 0 Å². The van der Waals surface area contributed by atoms with Crippen LogP contribution in [0.15, 0.2) is 53.0 Å². The summed E-state index contributed by atoms with van der Waals surface area (Å²) in [6, 6.07) is 14.3. The molecule has 0 saturated heterocycles. The Balaban J connectivity index is 1.66. The van der Waals surface area contributed by atoms with Crippen molar-refractivity contribution >= 4 is 33.6 Å². The van der Waals surface area contributed by atoms with Gasteiger partial charge in [-0.05, 0) is 41.8 Å². The molecule has 3 unspecified atom stereocenters. The van der Waals surface area contributed by atoms with Crippen molar-refractivity contribution in [2.45, 2.75) is 30.8 Å². The fourth-order valence-corrected chi connectivity index (χ4v) is 3.12. The highest BCUT2D eigenvalue weighted by atomic mass is 79.9. The van der Waals surface area contributed by atoms with Crippen molar-refractivity contribution in [2.75, 3.05) is 5.32 Å². The molecule has 0 aliphatic heterocycles. The summed E-state index contributed by atoms with van der Waals surface area (Å²) in [6.07, 6.45) is 0.0181. The minimum atomic E-state index is -1.24. The number of hydrogen-bond acceptors (Lipinski definition) is 3. The molecule has 2 aromatic carbocycles. The van der Waals surface area contributed by atoms with Crippen LogP contribution in [-0.2, 0) is 11.2 Å². The number of nitrogens with two attached hydrogens (primary N) is 1. The van der Waals surface area contributed by atoms with Crippen molar-refractivity contribution in [1.82, 2.24) is 5.32 Å². The molecule has 0 spiro atoms. The number of hydrogen-bond donors (Lipinski definition) is 4. The second kappa shape index (κ2) is 7.88. The van der Waals surface area contributed by atoms with E-state index in [0.717, 1.165) is 22.0 Å². The van der Waals surface area contributed by atoms with E-state index in [2.05, 4.69) is 26.6 Å². The molecular weight excluding hydrogens is 398 g/mol. The fourth-order valence-electron chi connectivity index (χ4n) is 2.86. The quantitative estimate of drug-likeness (QED) is 0.579. The Morgan fingerprint density at radius 1 is 1.15 bits per heavy atom. The first-order valence-corrected chi connectivity index (χ1v) is 9.12. The zero-order chi connectivity index (χ0) is 18.7. The van der Waals surface area contributed by atoms with Gasteiger partial charge < -0.3 is 21.5 Å². The van der Waals surface area contributed by atoms with E-state index in [1.165, 1.54) is 0 Å². The fraction of sp³-hybridized carbons (Fsp3) is 0.263. The Labute approximate surface area is 159 Å². The van der Waals surface area contributed by atoms with Gasteiger partial charge in [-0.25, -0.2) is 4.79 Å². The summed E-state index contributed by atoms with van der Waals surface area (Å²) in [5.41, 5.74) is 8.49. The van der Waals surface area contributed by atoms with Gasteiger partial charge in [0.15, 0.2) is 0 Å². The topological polar surface area (TPSA) is 104 Å². The maximum atomic E-state index is 12.5. The summed E-state index contributed by atoms with van der Waals surface area (Å²) < 4.78 is 0.920. The third kappa shape index (κ3) is 4.83. The van der Waals surface area contributed by atoms with E-state index >= 15 is 0 Å². The molecule has 3 atom stereocenters. The van der Waals surface area contributed by atoms with Crippen molar-refractivity contribution in [3.05, 3.63) is 64.1 Å². The molecule has 136 valence electrons. The van der Waals surface area contributed by atoms with Gasteiger partial charge in [-0.2, -0.15) is 0 Å². The van der Waals surface area contributed by atoms with Gasteiger partial charge in [0, 0.05) is 28.5 Å².